The fraction of sp³-hybridized carbons (Fsp3) is 0.111. The molecule has 0 atom stereocenters. The molecule has 1 aromatic heterocycles. The van der Waals surface area contributed by atoms with Crippen molar-refractivity contribution in [3.8, 4) is 5.75 Å². The van der Waals surface area contributed by atoms with Gasteiger partial charge in [0.2, 0.25) is 0 Å². The SMILES string of the molecule is CC/C(=N\NC(=O)c1sc2ccccc2c1Cl)c1ccccc1O. The Balaban J connectivity index is 1.88. The second kappa shape index (κ2) is 7.03. The standard InChI is InChI=1S/C18H15ClN2O2S/c1-2-13(11-7-3-5-9-14(11)22)20-21-18(23)17-16(19)12-8-4-6-10-15(12)24-17/h3-10,22H,2H2,1H3,(H,21,23)/b20-13+. The van der Waals surface area contributed by atoms with E-state index in [0.717, 1.165) is 10.1 Å². The van der Waals surface area contributed by atoms with Crippen LogP contribution in [0, 0.1) is 0 Å². The molecule has 3 aromatic rings. The molecule has 6 heteroatoms. The van der Waals surface area contributed by atoms with Crippen LogP contribution in [0.2, 0.25) is 5.02 Å². The van der Waals surface area contributed by atoms with Crippen LogP contribution in [0.3, 0.4) is 0 Å². The molecular formula is C18H15ClN2O2S. The van der Waals surface area contributed by atoms with E-state index in [-0.39, 0.29) is 11.7 Å². The molecule has 1 amide bonds. The van der Waals surface area contributed by atoms with Gasteiger partial charge in [0, 0.05) is 15.6 Å². The van der Waals surface area contributed by atoms with Gasteiger partial charge in [0.15, 0.2) is 0 Å². The number of nitrogens with zero attached hydrogens (tertiary/aromatic N) is 1. The van der Waals surface area contributed by atoms with Crippen molar-refractivity contribution in [3.63, 3.8) is 0 Å². The minimum atomic E-state index is -0.359. The van der Waals surface area contributed by atoms with E-state index in [1.54, 1.807) is 18.2 Å². The molecule has 0 spiro atoms. The van der Waals surface area contributed by atoms with Crippen LogP contribution < -0.4 is 5.43 Å². The van der Waals surface area contributed by atoms with E-state index >= 15 is 0 Å². The Morgan fingerprint density at radius 2 is 1.92 bits per heavy atom. The number of amides is 1. The van der Waals surface area contributed by atoms with E-state index in [4.69, 9.17) is 11.6 Å². The summed E-state index contributed by atoms with van der Waals surface area (Å²) < 4.78 is 0.952. The number of aromatic hydroxyl groups is 1. The molecule has 0 saturated carbocycles. The number of benzene rings is 2. The number of phenolic OH excluding ortho intramolecular Hbond substituents is 1. The summed E-state index contributed by atoms with van der Waals surface area (Å²) in [6.07, 6.45) is 0.567. The van der Waals surface area contributed by atoms with Crippen molar-refractivity contribution < 1.29 is 9.90 Å². The van der Waals surface area contributed by atoms with Crippen molar-refractivity contribution >= 4 is 44.6 Å². The van der Waals surface area contributed by atoms with Crippen LogP contribution >= 0.6 is 22.9 Å². The highest BCUT2D eigenvalue weighted by Crippen LogP contribution is 2.35. The summed E-state index contributed by atoms with van der Waals surface area (Å²) in [7, 11) is 0. The third kappa shape index (κ3) is 3.13. The highest BCUT2D eigenvalue weighted by Gasteiger charge is 2.17. The molecule has 0 unspecified atom stereocenters. The number of hydrogen-bond acceptors (Lipinski definition) is 4. The summed E-state index contributed by atoms with van der Waals surface area (Å²) in [5.41, 5.74) is 3.74. The first kappa shape index (κ1) is 16.5. The summed E-state index contributed by atoms with van der Waals surface area (Å²) in [5.74, 6) is -0.227. The normalized spacial score (nSPS) is 11.7. The largest absolute Gasteiger partial charge is 0.507 e. The van der Waals surface area contributed by atoms with Crippen molar-refractivity contribution in [2.24, 2.45) is 5.10 Å². The number of hydrazone groups is 1. The lowest BCUT2D eigenvalue weighted by Gasteiger charge is -2.06. The van der Waals surface area contributed by atoms with Crippen molar-refractivity contribution in [1.82, 2.24) is 5.43 Å². The number of carbonyl (C=O) groups is 1. The van der Waals surface area contributed by atoms with Gasteiger partial charge < -0.3 is 5.11 Å². The number of fused-ring (bicyclic) bond motifs is 1. The molecule has 4 nitrogen and oxygen atoms in total. The van der Waals surface area contributed by atoms with Gasteiger partial charge in [-0.2, -0.15) is 5.10 Å². The molecule has 0 fully saturated rings. The average molecular weight is 359 g/mol. The first-order valence-electron chi connectivity index (χ1n) is 7.44. The number of thiophene rings is 1. The number of carbonyl (C=O) groups excluding carboxylic acids is 1. The van der Waals surface area contributed by atoms with E-state index in [9.17, 15) is 9.90 Å². The molecule has 0 bridgehead atoms. The van der Waals surface area contributed by atoms with Gasteiger partial charge in [-0.05, 0) is 24.6 Å². The Bertz CT molecular complexity index is 934. The fourth-order valence-corrected chi connectivity index (χ4v) is 3.78. The summed E-state index contributed by atoms with van der Waals surface area (Å²) in [5, 5.41) is 15.4. The van der Waals surface area contributed by atoms with Gasteiger partial charge in [0.25, 0.3) is 5.91 Å². The molecule has 2 N–H and O–H groups in total. The second-order valence-corrected chi connectivity index (χ2v) is 6.54. The Kier molecular flexibility index (Phi) is 4.83. The van der Waals surface area contributed by atoms with Gasteiger partial charge in [-0.3, -0.25) is 4.79 Å². The van der Waals surface area contributed by atoms with E-state index in [1.807, 2.05) is 37.3 Å². The highest BCUT2D eigenvalue weighted by molar-refractivity contribution is 7.21. The molecule has 0 saturated heterocycles. The fourth-order valence-electron chi connectivity index (χ4n) is 2.38. The van der Waals surface area contributed by atoms with Crippen LogP contribution in [-0.2, 0) is 0 Å². The third-order valence-electron chi connectivity index (χ3n) is 3.58. The van der Waals surface area contributed by atoms with Crippen LogP contribution in [0.25, 0.3) is 10.1 Å². The number of hydrogen-bond donors (Lipinski definition) is 2. The predicted molar refractivity (Wildman–Crippen MR) is 99.2 cm³/mol. The number of para-hydroxylation sites is 1. The van der Waals surface area contributed by atoms with Crippen LogP contribution in [-0.4, -0.2) is 16.7 Å². The maximum atomic E-state index is 12.4. The van der Waals surface area contributed by atoms with Crippen molar-refractivity contribution in [3.05, 3.63) is 64.0 Å². The number of rotatable bonds is 4. The van der Waals surface area contributed by atoms with E-state index in [2.05, 4.69) is 10.5 Å². The first-order valence-corrected chi connectivity index (χ1v) is 8.63. The molecule has 0 aliphatic heterocycles. The van der Waals surface area contributed by atoms with E-state index in [0.29, 0.717) is 27.6 Å². The Hall–Kier alpha value is -2.37. The first-order chi connectivity index (χ1) is 11.6. The van der Waals surface area contributed by atoms with Gasteiger partial charge in [0.05, 0.1) is 10.7 Å². The van der Waals surface area contributed by atoms with Gasteiger partial charge in [0.1, 0.15) is 10.6 Å². The zero-order valence-corrected chi connectivity index (χ0v) is 14.5. The maximum Gasteiger partial charge on any atom is 0.283 e. The lowest BCUT2D eigenvalue weighted by Crippen LogP contribution is -2.19. The topological polar surface area (TPSA) is 61.7 Å². The van der Waals surface area contributed by atoms with Gasteiger partial charge in [-0.1, -0.05) is 48.9 Å². The maximum absolute atomic E-state index is 12.4. The number of nitrogens with one attached hydrogen (secondary N) is 1. The van der Waals surface area contributed by atoms with Crippen LogP contribution in [0.15, 0.2) is 53.6 Å². The zero-order valence-electron chi connectivity index (χ0n) is 12.9. The Morgan fingerprint density at radius 3 is 2.62 bits per heavy atom. The van der Waals surface area contributed by atoms with Crippen molar-refractivity contribution in [1.29, 1.82) is 0 Å². The Labute approximate surface area is 148 Å². The molecule has 24 heavy (non-hydrogen) atoms. The quantitative estimate of drug-likeness (QED) is 0.519. The smallest absolute Gasteiger partial charge is 0.283 e. The predicted octanol–water partition coefficient (Wildman–Crippen LogP) is 4.80. The van der Waals surface area contributed by atoms with Crippen LogP contribution in [0.5, 0.6) is 5.75 Å². The van der Waals surface area contributed by atoms with Crippen LogP contribution in [0.1, 0.15) is 28.6 Å². The summed E-state index contributed by atoms with van der Waals surface area (Å²) >= 11 is 7.63. The van der Waals surface area contributed by atoms with E-state index in [1.165, 1.54) is 11.3 Å². The van der Waals surface area contributed by atoms with Crippen LogP contribution in [0.4, 0.5) is 0 Å². The third-order valence-corrected chi connectivity index (χ3v) is 5.26. The highest BCUT2D eigenvalue weighted by atomic mass is 35.5. The lowest BCUT2D eigenvalue weighted by atomic mass is 10.1. The molecule has 3 rings (SSSR count). The van der Waals surface area contributed by atoms with Crippen molar-refractivity contribution in [2.75, 3.05) is 0 Å². The van der Waals surface area contributed by atoms with Gasteiger partial charge >= 0.3 is 0 Å². The van der Waals surface area contributed by atoms with E-state index < -0.39 is 0 Å². The Morgan fingerprint density at radius 1 is 1.21 bits per heavy atom. The molecule has 0 aliphatic carbocycles. The molecule has 0 radical (unpaired) electrons. The number of phenols is 1. The average Bonchev–Trinajstić information content (AvgIpc) is 2.94. The molecular weight excluding hydrogens is 344 g/mol. The van der Waals surface area contributed by atoms with Gasteiger partial charge in [-0.25, -0.2) is 5.43 Å². The molecule has 2 aromatic carbocycles. The molecule has 0 aliphatic rings. The van der Waals surface area contributed by atoms with Gasteiger partial charge in [-0.15, -0.1) is 11.3 Å². The van der Waals surface area contributed by atoms with Crippen molar-refractivity contribution in [2.45, 2.75) is 13.3 Å². The summed E-state index contributed by atoms with van der Waals surface area (Å²) in [4.78, 5) is 12.8. The number of halogens is 1. The molecule has 1 heterocycles. The zero-order chi connectivity index (χ0) is 17.1. The summed E-state index contributed by atoms with van der Waals surface area (Å²) in [6.45, 7) is 1.91. The minimum absolute atomic E-state index is 0.132. The second-order valence-electron chi connectivity index (χ2n) is 5.11. The monoisotopic (exact) mass is 358 g/mol. The molecule has 122 valence electrons. The lowest BCUT2D eigenvalue weighted by molar-refractivity contribution is 0.0959. The minimum Gasteiger partial charge on any atom is -0.507 e. The summed E-state index contributed by atoms with van der Waals surface area (Å²) in [6, 6.07) is 14.5.